The molecule has 0 aliphatic rings. The number of ether oxygens (including phenoxy) is 2. The van der Waals surface area contributed by atoms with Crippen LogP contribution in [0.4, 0.5) is 0 Å². The SMILES string of the molecule is CCC(=O)/C(=C\c1cc(OC)c(O)c(OC)c1)C(=O)O. The third-order valence-electron chi connectivity index (χ3n) is 2.67. The second kappa shape index (κ2) is 6.60. The first-order chi connectivity index (χ1) is 9.44. The van der Waals surface area contributed by atoms with E-state index in [1.165, 1.54) is 32.4 Å². The highest BCUT2D eigenvalue weighted by Gasteiger charge is 2.17. The molecule has 0 spiro atoms. The van der Waals surface area contributed by atoms with Gasteiger partial charge in [0.15, 0.2) is 17.3 Å². The highest BCUT2D eigenvalue weighted by atomic mass is 16.5. The molecule has 0 heterocycles. The van der Waals surface area contributed by atoms with Gasteiger partial charge in [-0.2, -0.15) is 0 Å². The molecular formula is C14H16O6. The minimum absolute atomic E-state index is 0.0878. The Labute approximate surface area is 116 Å². The number of phenols is 1. The van der Waals surface area contributed by atoms with Crippen molar-refractivity contribution in [2.24, 2.45) is 0 Å². The van der Waals surface area contributed by atoms with Crippen LogP contribution in [0.3, 0.4) is 0 Å². The predicted molar refractivity (Wildman–Crippen MR) is 72.1 cm³/mol. The van der Waals surface area contributed by atoms with Gasteiger partial charge in [0.25, 0.3) is 0 Å². The molecule has 0 amide bonds. The van der Waals surface area contributed by atoms with Gasteiger partial charge in [-0.1, -0.05) is 6.92 Å². The van der Waals surface area contributed by atoms with Crippen LogP contribution < -0.4 is 9.47 Å². The molecule has 6 heteroatoms. The molecule has 1 rings (SSSR count). The van der Waals surface area contributed by atoms with Crippen LogP contribution in [0, 0.1) is 0 Å². The van der Waals surface area contributed by atoms with Gasteiger partial charge in [-0.15, -0.1) is 0 Å². The minimum atomic E-state index is -1.30. The van der Waals surface area contributed by atoms with Crippen LogP contribution in [-0.2, 0) is 9.59 Å². The number of carboxylic acid groups (broad SMARTS) is 1. The summed E-state index contributed by atoms with van der Waals surface area (Å²) in [4.78, 5) is 22.7. The molecule has 0 aromatic heterocycles. The fraction of sp³-hybridized carbons (Fsp3) is 0.286. The fourth-order valence-electron chi connectivity index (χ4n) is 1.62. The van der Waals surface area contributed by atoms with Gasteiger partial charge in [-0.25, -0.2) is 4.79 Å². The molecule has 0 aliphatic carbocycles. The lowest BCUT2D eigenvalue weighted by Gasteiger charge is -2.10. The number of hydrogen-bond acceptors (Lipinski definition) is 5. The molecule has 108 valence electrons. The van der Waals surface area contributed by atoms with Crippen molar-refractivity contribution in [2.75, 3.05) is 14.2 Å². The minimum Gasteiger partial charge on any atom is -0.502 e. The predicted octanol–water partition coefficient (Wildman–Crippen LogP) is 1.86. The third-order valence-corrected chi connectivity index (χ3v) is 2.67. The molecule has 2 N–H and O–H groups in total. The third kappa shape index (κ3) is 3.28. The molecule has 20 heavy (non-hydrogen) atoms. The summed E-state index contributed by atoms with van der Waals surface area (Å²) in [7, 11) is 2.72. The Morgan fingerprint density at radius 2 is 1.70 bits per heavy atom. The van der Waals surface area contributed by atoms with Crippen LogP contribution in [0.25, 0.3) is 6.08 Å². The maximum Gasteiger partial charge on any atom is 0.339 e. The van der Waals surface area contributed by atoms with E-state index < -0.39 is 11.8 Å². The first kappa shape index (κ1) is 15.6. The lowest BCUT2D eigenvalue weighted by molar-refractivity contribution is -0.134. The molecule has 0 atom stereocenters. The number of phenolic OH excluding ortho intramolecular Hbond substituents is 1. The molecule has 0 unspecified atom stereocenters. The molecule has 0 bridgehead atoms. The number of Topliss-reactive ketones (excluding diaryl/α,β-unsaturated/α-hetero) is 1. The van der Waals surface area contributed by atoms with Gasteiger partial charge in [0, 0.05) is 6.42 Å². The Kier molecular flexibility index (Phi) is 5.14. The largest absolute Gasteiger partial charge is 0.502 e. The molecule has 0 fully saturated rings. The standard InChI is InChI=1S/C14H16O6/c1-4-10(15)9(14(17)18)5-8-6-11(19-2)13(16)12(7-8)20-3/h5-7,16H,4H2,1-3H3,(H,17,18)/b9-5+. The van der Waals surface area contributed by atoms with Gasteiger partial charge in [0.2, 0.25) is 5.75 Å². The number of methoxy groups -OCH3 is 2. The summed E-state index contributed by atoms with van der Waals surface area (Å²) in [6, 6.07) is 2.84. The lowest BCUT2D eigenvalue weighted by atomic mass is 10.0. The number of aliphatic carboxylic acids is 1. The average molecular weight is 280 g/mol. The summed E-state index contributed by atoms with van der Waals surface area (Å²) in [6.45, 7) is 1.58. The van der Waals surface area contributed by atoms with Crippen LogP contribution in [0.1, 0.15) is 18.9 Å². The maximum absolute atomic E-state index is 11.6. The van der Waals surface area contributed by atoms with E-state index in [0.29, 0.717) is 5.56 Å². The van der Waals surface area contributed by atoms with Crippen molar-refractivity contribution in [2.45, 2.75) is 13.3 Å². The van der Waals surface area contributed by atoms with Crippen LogP contribution in [-0.4, -0.2) is 36.2 Å². The second-order valence-electron chi connectivity index (χ2n) is 3.91. The molecular weight excluding hydrogens is 264 g/mol. The smallest absolute Gasteiger partial charge is 0.339 e. The number of hydrogen-bond donors (Lipinski definition) is 2. The number of carboxylic acids is 1. The summed E-state index contributed by atoms with van der Waals surface area (Å²) in [5.74, 6) is -1.72. The zero-order chi connectivity index (χ0) is 15.3. The van der Waals surface area contributed by atoms with Gasteiger partial charge >= 0.3 is 5.97 Å². The van der Waals surface area contributed by atoms with E-state index in [1.807, 2.05) is 0 Å². The molecule has 6 nitrogen and oxygen atoms in total. The fourth-order valence-corrected chi connectivity index (χ4v) is 1.62. The Bertz CT molecular complexity index is 534. The molecule has 0 aliphatic heterocycles. The van der Waals surface area contributed by atoms with Gasteiger partial charge in [-0.3, -0.25) is 4.79 Å². The number of aromatic hydroxyl groups is 1. The Balaban J connectivity index is 3.38. The molecule has 1 aromatic carbocycles. The Morgan fingerprint density at radius 3 is 2.05 bits per heavy atom. The average Bonchev–Trinajstić information content (AvgIpc) is 2.44. The van der Waals surface area contributed by atoms with Crippen molar-refractivity contribution >= 4 is 17.8 Å². The Hall–Kier alpha value is -2.50. The van der Waals surface area contributed by atoms with Crippen molar-refractivity contribution in [3.8, 4) is 17.2 Å². The van der Waals surface area contributed by atoms with Gasteiger partial charge in [-0.05, 0) is 23.8 Å². The van der Waals surface area contributed by atoms with Crippen LogP contribution in [0.15, 0.2) is 17.7 Å². The van der Waals surface area contributed by atoms with Gasteiger partial charge in [0.1, 0.15) is 5.57 Å². The van der Waals surface area contributed by atoms with Crippen LogP contribution in [0.5, 0.6) is 17.2 Å². The van der Waals surface area contributed by atoms with Crippen LogP contribution in [0.2, 0.25) is 0 Å². The van der Waals surface area contributed by atoms with Crippen LogP contribution >= 0.6 is 0 Å². The number of carbonyl (C=O) groups excluding carboxylic acids is 1. The van der Waals surface area contributed by atoms with E-state index in [9.17, 15) is 14.7 Å². The summed E-state index contributed by atoms with van der Waals surface area (Å²) in [6.07, 6.45) is 1.31. The number of ketones is 1. The van der Waals surface area contributed by atoms with E-state index in [1.54, 1.807) is 6.92 Å². The topological polar surface area (TPSA) is 93.1 Å². The van der Waals surface area contributed by atoms with E-state index >= 15 is 0 Å². The molecule has 1 aromatic rings. The highest BCUT2D eigenvalue weighted by molar-refractivity contribution is 6.19. The van der Waals surface area contributed by atoms with Crippen molar-refractivity contribution in [1.29, 1.82) is 0 Å². The first-order valence-electron chi connectivity index (χ1n) is 5.87. The van der Waals surface area contributed by atoms with Gasteiger partial charge < -0.3 is 19.7 Å². The first-order valence-corrected chi connectivity index (χ1v) is 5.87. The second-order valence-corrected chi connectivity index (χ2v) is 3.91. The maximum atomic E-state index is 11.6. The van der Waals surface area contributed by atoms with E-state index in [2.05, 4.69) is 0 Å². The van der Waals surface area contributed by atoms with Crippen molar-refractivity contribution in [3.05, 3.63) is 23.3 Å². The van der Waals surface area contributed by atoms with Crippen molar-refractivity contribution in [3.63, 3.8) is 0 Å². The number of carbonyl (C=O) groups is 2. The lowest BCUT2D eigenvalue weighted by Crippen LogP contribution is -2.10. The molecule has 0 radical (unpaired) electrons. The summed E-state index contributed by atoms with van der Waals surface area (Å²) in [5.41, 5.74) is 0.0537. The van der Waals surface area contributed by atoms with Gasteiger partial charge in [0.05, 0.1) is 14.2 Å². The monoisotopic (exact) mass is 280 g/mol. The number of benzene rings is 1. The summed E-state index contributed by atoms with van der Waals surface area (Å²) < 4.78 is 9.93. The number of rotatable bonds is 6. The highest BCUT2D eigenvalue weighted by Crippen LogP contribution is 2.37. The van der Waals surface area contributed by atoms with E-state index in [0.717, 1.165) is 0 Å². The van der Waals surface area contributed by atoms with E-state index in [4.69, 9.17) is 14.6 Å². The summed E-state index contributed by atoms with van der Waals surface area (Å²) in [5, 5.41) is 18.8. The zero-order valence-electron chi connectivity index (χ0n) is 11.5. The normalized spacial score (nSPS) is 11.1. The molecule has 0 saturated heterocycles. The van der Waals surface area contributed by atoms with Crippen molar-refractivity contribution in [1.82, 2.24) is 0 Å². The molecule has 0 saturated carbocycles. The van der Waals surface area contributed by atoms with E-state index in [-0.39, 0.29) is 29.2 Å². The summed E-state index contributed by atoms with van der Waals surface area (Å²) >= 11 is 0. The Morgan fingerprint density at radius 1 is 1.20 bits per heavy atom. The zero-order valence-corrected chi connectivity index (χ0v) is 11.5. The quantitative estimate of drug-likeness (QED) is 0.469. The van der Waals surface area contributed by atoms with Crippen molar-refractivity contribution < 1.29 is 29.3 Å².